The molecule has 0 saturated carbocycles. The zero-order chi connectivity index (χ0) is 36.5. The van der Waals surface area contributed by atoms with E-state index in [1.165, 1.54) is 49.4 Å². The summed E-state index contributed by atoms with van der Waals surface area (Å²) in [5.41, 5.74) is 15.0. The summed E-state index contributed by atoms with van der Waals surface area (Å²) < 4.78 is 4.69. The molecule has 7 aromatic carbocycles. The molecule has 0 spiro atoms. The largest absolute Gasteiger partial charge is 0.310 e. The Morgan fingerprint density at radius 2 is 0.833 bits per heavy atom. The maximum absolute atomic E-state index is 5.26. The quantitative estimate of drug-likeness (QED) is 0.257. The lowest BCUT2D eigenvalue weighted by molar-refractivity contribution is 0.953. The number of hydrogen-bond acceptors (Lipinski definition) is 3. The lowest BCUT2D eigenvalue weighted by atomic mass is 9.68. The van der Waals surface area contributed by atoms with Gasteiger partial charge in [0.15, 0.2) is 11.6 Å². The van der Waals surface area contributed by atoms with E-state index in [2.05, 4.69) is 168 Å². The van der Waals surface area contributed by atoms with E-state index in [-0.39, 0.29) is 0 Å². The van der Waals surface area contributed by atoms with Crippen molar-refractivity contribution in [1.82, 2.24) is 24.1 Å². The first-order valence-corrected chi connectivity index (χ1v) is 18.5. The Labute approximate surface area is 317 Å². The Kier molecular flexibility index (Phi) is 7.44. The summed E-state index contributed by atoms with van der Waals surface area (Å²) in [6.07, 6.45) is 0. The van der Waals surface area contributed by atoms with Gasteiger partial charge in [-0.15, -0.1) is 0 Å². The van der Waals surface area contributed by atoms with Crippen molar-refractivity contribution in [3.63, 3.8) is 0 Å². The zero-order valence-electron chi connectivity index (χ0n) is 30.7. The van der Waals surface area contributed by atoms with Crippen LogP contribution in [-0.2, 0) is 0 Å². The Balaban J connectivity index is 1.27. The van der Waals surface area contributed by atoms with Crippen LogP contribution in [0.25, 0.3) is 89.2 Å². The number of para-hydroxylation sites is 2. The van der Waals surface area contributed by atoms with Gasteiger partial charge in [-0.1, -0.05) is 149 Å². The predicted molar refractivity (Wildman–Crippen MR) is 238 cm³/mol. The van der Waals surface area contributed by atoms with E-state index >= 15 is 0 Å². The lowest BCUT2D eigenvalue weighted by Crippen LogP contribution is -2.45. The Hall–Kier alpha value is -6.59. The first kappa shape index (κ1) is 32.1. The van der Waals surface area contributed by atoms with Crippen LogP contribution < -0.4 is 21.9 Å². The second kappa shape index (κ2) is 12.5. The molecule has 10 rings (SSSR count). The summed E-state index contributed by atoms with van der Waals surface area (Å²) in [5, 5.41) is 4.76. The summed E-state index contributed by atoms with van der Waals surface area (Å²) in [5.74, 6) is 1.84. The molecule has 0 N–H and O–H groups in total. The van der Waals surface area contributed by atoms with Crippen LogP contribution in [0.1, 0.15) is 0 Å². The van der Waals surface area contributed by atoms with E-state index in [4.69, 9.17) is 15.0 Å². The van der Waals surface area contributed by atoms with Gasteiger partial charge in [0, 0.05) is 38.4 Å². The average Bonchev–Trinajstić information content (AvgIpc) is 3.71. The summed E-state index contributed by atoms with van der Waals surface area (Å²) in [6.45, 7) is 0. The standard InChI is InChI=1S/C45H33B4N5/c46-34-24-35(47)42(41(49)40(34)48)53-36-17-9-7-15-30(36)32-23-33-31-16-8-10-18-37(31)54(39(33)25-38(32)53)45-51-43(28-13-5-2-6-14-28)50-44(52-45)29-21-19-27(20-22-29)26-11-3-1-4-12-26/h1-25H,46-49H2. The molecule has 0 radical (unpaired) electrons. The summed E-state index contributed by atoms with van der Waals surface area (Å²) >= 11 is 0. The minimum absolute atomic E-state index is 0.581. The fraction of sp³-hybridized carbons (Fsp3) is 0. The van der Waals surface area contributed by atoms with Crippen LogP contribution in [0, 0.1) is 0 Å². The molecule has 54 heavy (non-hydrogen) atoms. The van der Waals surface area contributed by atoms with Gasteiger partial charge in [-0.2, -0.15) is 9.97 Å². The zero-order valence-corrected chi connectivity index (χ0v) is 30.7. The van der Waals surface area contributed by atoms with Crippen LogP contribution >= 0.6 is 0 Å². The van der Waals surface area contributed by atoms with Crippen LogP contribution in [0.4, 0.5) is 0 Å². The fourth-order valence-electron chi connectivity index (χ4n) is 8.25. The monoisotopic (exact) mass is 687 g/mol. The molecule has 9 heteroatoms. The Morgan fingerprint density at radius 1 is 0.352 bits per heavy atom. The molecule has 0 unspecified atom stereocenters. The number of benzene rings is 7. The average molecular weight is 687 g/mol. The number of rotatable bonds is 5. The van der Waals surface area contributed by atoms with Gasteiger partial charge in [0.25, 0.3) is 0 Å². The molecule has 10 aromatic rings. The van der Waals surface area contributed by atoms with Crippen LogP contribution in [0.15, 0.2) is 152 Å². The van der Waals surface area contributed by atoms with E-state index in [9.17, 15) is 0 Å². The molecule has 0 bridgehead atoms. The van der Waals surface area contributed by atoms with Crippen molar-refractivity contribution in [2.75, 3.05) is 0 Å². The first-order chi connectivity index (χ1) is 26.4. The molecule has 3 heterocycles. The van der Waals surface area contributed by atoms with Gasteiger partial charge in [-0.05, 0) is 35.4 Å². The third kappa shape index (κ3) is 5.03. The molecule has 0 fully saturated rings. The highest BCUT2D eigenvalue weighted by atomic mass is 15.2. The maximum atomic E-state index is 5.26. The normalized spacial score (nSPS) is 11.6. The van der Waals surface area contributed by atoms with E-state index in [0.717, 1.165) is 44.0 Å². The topological polar surface area (TPSA) is 48.5 Å². The highest BCUT2D eigenvalue weighted by Gasteiger charge is 2.22. The molecule has 250 valence electrons. The SMILES string of the molecule is Bc1cc(B)c(-n2c3ccccc3c3cc4c5ccccc5n(-c5nc(-c6ccccc6)nc(-c6ccc(-c7ccccc7)cc6)n5)c4cc32)c(B)c1B. The predicted octanol–water partition coefficient (Wildman–Crippen LogP) is 4.10. The third-order valence-corrected chi connectivity index (χ3v) is 11.1. The molecule has 3 aromatic heterocycles. The second-order valence-corrected chi connectivity index (χ2v) is 14.3. The van der Waals surface area contributed by atoms with Crippen molar-refractivity contribution in [3.05, 3.63) is 152 Å². The lowest BCUT2D eigenvalue weighted by Gasteiger charge is -2.19. The van der Waals surface area contributed by atoms with Gasteiger partial charge < -0.3 is 4.57 Å². The number of fused-ring (bicyclic) bond motifs is 6. The van der Waals surface area contributed by atoms with Crippen molar-refractivity contribution in [3.8, 4) is 45.5 Å². The molecule has 0 aliphatic carbocycles. The summed E-state index contributed by atoms with van der Waals surface area (Å²) in [7, 11) is 8.92. The van der Waals surface area contributed by atoms with Gasteiger partial charge in [0.1, 0.15) is 31.4 Å². The molecule has 0 aliphatic rings. The van der Waals surface area contributed by atoms with Gasteiger partial charge >= 0.3 is 0 Å². The fourth-order valence-corrected chi connectivity index (χ4v) is 8.25. The van der Waals surface area contributed by atoms with Crippen molar-refractivity contribution in [2.24, 2.45) is 0 Å². The molecule has 0 saturated heterocycles. The highest BCUT2D eigenvalue weighted by Crippen LogP contribution is 2.39. The number of aromatic nitrogens is 5. The molecule has 0 atom stereocenters. The van der Waals surface area contributed by atoms with Gasteiger partial charge in [0.05, 0.1) is 22.1 Å². The molecular formula is C45H33B4N5. The van der Waals surface area contributed by atoms with E-state index in [1.54, 1.807) is 0 Å². The molecular weight excluding hydrogens is 654 g/mol. The number of nitrogens with zero attached hydrogens (tertiary/aromatic N) is 5. The number of hydrogen-bond donors (Lipinski definition) is 0. The third-order valence-electron chi connectivity index (χ3n) is 11.1. The van der Waals surface area contributed by atoms with Crippen molar-refractivity contribution in [1.29, 1.82) is 0 Å². The van der Waals surface area contributed by atoms with Crippen LogP contribution in [0.3, 0.4) is 0 Å². The van der Waals surface area contributed by atoms with Crippen LogP contribution in [-0.4, -0.2) is 55.5 Å². The van der Waals surface area contributed by atoms with Crippen molar-refractivity contribution in [2.45, 2.75) is 0 Å². The summed E-state index contributed by atoms with van der Waals surface area (Å²) in [4.78, 5) is 15.6. The Bertz CT molecular complexity index is 3080. The second-order valence-electron chi connectivity index (χ2n) is 14.3. The van der Waals surface area contributed by atoms with Crippen molar-refractivity contribution < 1.29 is 0 Å². The van der Waals surface area contributed by atoms with Crippen molar-refractivity contribution >= 4 is 96.8 Å². The van der Waals surface area contributed by atoms with Crippen LogP contribution in [0.5, 0.6) is 0 Å². The van der Waals surface area contributed by atoms with Gasteiger partial charge in [0.2, 0.25) is 5.95 Å². The molecule has 0 aliphatic heterocycles. The molecule has 0 amide bonds. The summed E-state index contributed by atoms with van der Waals surface area (Å²) in [6, 6.07) is 53.5. The van der Waals surface area contributed by atoms with E-state index < -0.39 is 0 Å². The smallest absolute Gasteiger partial charge is 0.238 e. The first-order valence-electron chi connectivity index (χ1n) is 18.5. The Morgan fingerprint density at radius 3 is 1.46 bits per heavy atom. The minimum atomic E-state index is 0.581. The maximum Gasteiger partial charge on any atom is 0.238 e. The highest BCUT2D eigenvalue weighted by molar-refractivity contribution is 6.60. The molecule has 5 nitrogen and oxygen atoms in total. The van der Waals surface area contributed by atoms with Crippen LogP contribution in [0.2, 0.25) is 0 Å². The van der Waals surface area contributed by atoms with E-state index in [0.29, 0.717) is 17.6 Å². The van der Waals surface area contributed by atoms with Gasteiger partial charge in [-0.25, -0.2) is 4.98 Å². The van der Waals surface area contributed by atoms with Gasteiger partial charge in [-0.3, -0.25) is 4.57 Å². The van der Waals surface area contributed by atoms with E-state index in [1.807, 2.05) is 24.3 Å². The minimum Gasteiger partial charge on any atom is -0.310 e.